The van der Waals surface area contributed by atoms with Crippen LogP contribution in [-0.2, 0) is 6.54 Å². The predicted octanol–water partition coefficient (Wildman–Crippen LogP) is 2.24. The van der Waals surface area contributed by atoms with Crippen LogP contribution in [0.1, 0.15) is 28.9 Å². The van der Waals surface area contributed by atoms with Gasteiger partial charge in [-0.3, -0.25) is 4.79 Å². The second-order valence-corrected chi connectivity index (χ2v) is 6.22. The van der Waals surface area contributed by atoms with Crippen molar-refractivity contribution in [2.45, 2.75) is 25.4 Å². The van der Waals surface area contributed by atoms with E-state index in [0.29, 0.717) is 12.2 Å². The Balaban J connectivity index is 1.60. The zero-order valence-electron chi connectivity index (χ0n) is 12.3. The minimum atomic E-state index is -0.0799. The third-order valence-electron chi connectivity index (χ3n) is 3.75. The summed E-state index contributed by atoms with van der Waals surface area (Å²) in [7, 11) is 0. The van der Waals surface area contributed by atoms with Crippen molar-refractivity contribution in [1.82, 2.24) is 15.6 Å². The number of thiazole rings is 1. The summed E-state index contributed by atoms with van der Waals surface area (Å²) in [5.41, 5.74) is 3.39. The van der Waals surface area contributed by atoms with Crippen LogP contribution in [0.3, 0.4) is 0 Å². The second kappa shape index (κ2) is 7.38. The Morgan fingerprint density at radius 2 is 2.05 bits per heavy atom. The standard InChI is InChI=1S/C16H20N4OS/c21-15(20-13-6-8-17-9-7-13)14-16(22-11-19-14)18-10-12-4-2-1-3-5-12/h1-5,11,13,17-18H,6-10H2,(H,20,21). The summed E-state index contributed by atoms with van der Waals surface area (Å²) in [4.78, 5) is 16.6. The monoisotopic (exact) mass is 316 g/mol. The molecule has 1 aliphatic heterocycles. The third-order valence-corrected chi connectivity index (χ3v) is 4.54. The highest BCUT2D eigenvalue weighted by Gasteiger charge is 2.20. The number of aromatic nitrogens is 1. The molecule has 6 heteroatoms. The first-order chi connectivity index (χ1) is 10.8. The van der Waals surface area contributed by atoms with Gasteiger partial charge >= 0.3 is 0 Å². The summed E-state index contributed by atoms with van der Waals surface area (Å²) in [5.74, 6) is -0.0799. The number of hydrogen-bond donors (Lipinski definition) is 3. The van der Waals surface area contributed by atoms with Gasteiger partial charge in [-0.1, -0.05) is 30.3 Å². The van der Waals surface area contributed by atoms with Crippen LogP contribution in [0.4, 0.5) is 5.00 Å². The molecule has 0 unspecified atom stereocenters. The smallest absolute Gasteiger partial charge is 0.273 e. The van der Waals surface area contributed by atoms with Gasteiger partial charge in [-0.25, -0.2) is 4.98 Å². The van der Waals surface area contributed by atoms with E-state index in [-0.39, 0.29) is 11.9 Å². The van der Waals surface area contributed by atoms with Gasteiger partial charge in [0.05, 0.1) is 5.51 Å². The van der Waals surface area contributed by atoms with Crippen molar-refractivity contribution in [1.29, 1.82) is 0 Å². The van der Waals surface area contributed by atoms with Gasteiger partial charge in [0.25, 0.3) is 5.91 Å². The number of nitrogens with zero attached hydrogens (tertiary/aromatic N) is 1. The third kappa shape index (κ3) is 3.84. The van der Waals surface area contributed by atoms with Crippen LogP contribution in [0.5, 0.6) is 0 Å². The summed E-state index contributed by atoms with van der Waals surface area (Å²) in [6.07, 6.45) is 1.95. The first-order valence-corrected chi connectivity index (χ1v) is 8.44. The molecule has 3 rings (SSSR count). The topological polar surface area (TPSA) is 66.0 Å². The molecule has 1 aromatic heterocycles. The molecule has 1 saturated heterocycles. The SMILES string of the molecule is O=C(NC1CCNCC1)c1ncsc1NCc1ccccc1. The zero-order chi connectivity index (χ0) is 15.2. The molecule has 0 atom stereocenters. The Hall–Kier alpha value is -1.92. The molecular formula is C16H20N4OS. The first kappa shape index (κ1) is 15.0. The van der Waals surface area contributed by atoms with Gasteiger partial charge in [0.1, 0.15) is 5.00 Å². The van der Waals surface area contributed by atoms with Crippen molar-refractivity contribution in [2.24, 2.45) is 0 Å². The maximum atomic E-state index is 12.4. The maximum Gasteiger partial charge on any atom is 0.273 e. The normalized spacial score (nSPS) is 15.5. The number of hydrogen-bond acceptors (Lipinski definition) is 5. The minimum absolute atomic E-state index is 0.0799. The number of benzene rings is 1. The van der Waals surface area contributed by atoms with E-state index < -0.39 is 0 Å². The van der Waals surface area contributed by atoms with Crippen molar-refractivity contribution < 1.29 is 4.79 Å². The fraction of sp³-hybridized carbons (Fsp3) is 0.375. The second-order valence-electron chi connectivity index (χ2n) is 5.37. The minimum Gasteiger partial charge on any atom is -0.371 e. The molecule has 0 bridgehead atoms. The number of rotatable bonds is 5. The quantitative estimate of drug-likeness (QED) is 0.791. The number of nitrogens with one attached hydrogen (secondary N) is 3. The van der Waals surface area contributed by atoms with Crippen LogP contribution in [0.15, 0.2) is 35.8 Å². The molecule has 2 aromatic rings. The van der Waals surface area contributed by atoms with E-state index in [1.165, 1.54) is 16.9 Å². The summed E-state index contributed by atoms with van der Waals surface area (Å²) < 4.78 is 0. The Kier molecular flexibility index (Phi) is 5.03. The van der Waals surface area contributed by atoms with E-state index in [0.717, 1.165) is 30.9 Å². The van der Waals surface area contributed by atoms with Crippen LogP contribution in [0.2, 0.25) is 0 Å². The molecule has 22 heavy (non-hydrogen) atoms. The van der Waals surface area contributed by atoms with Gasteiger partial charge < -0.3 is 16.0 Å². The Morgan fingerprint density at radius 3 is 2.82 bits per heavy atom. The van der Waals surface area contributed by atoms with Crippen molar-refractivity contribution in [3.05, 3.63) is 47.1 Å². The number of anilines is 1. The van der Waals surface area contributed by atoms with Gasteiger partial charge in [0.15, 0.2) is 5.69 Å². The highest BCUT2D eigenvalue weighted by atomic mass is 32.1. The molecule has 0 aliphatic carbocycles. The fourth-order valence-corrected chi connectivity index (χ4v) is 3.21. The molecule has 0 spiro atoms. The molecule has 0 radical (unpaired) electrons. The molecule has 1 amide bonds. The lowest BCUT2D eigenvalue weighted by atomic mass is 10.1. The summed E-state index contributed by atoms with van der Waals surface area (Å²) in [5, 5.41) is 10.5. The Bertz CT molecular complexity index is 608. The maximum absolute atomic E-state index is 12.4. The lowest BCUT2D eigenvalue weighted by molar-refractivity contribution is 0.0926. The van der Waals surface area contributed by atoms with Crippen molar-refractivity contribution >= 4 is 22.2 Å². The molecular weight excluding hydrogens is 296 g/mol. The largest absolute Gasteiger partial charge is 0.371 e. The number of amides is 1. The molecule has 0 saturated carbocycles. The van der Waals surface area contributed by atoms with Crippen molar-refractivity contribution in [3.63, 3.8) is 0 Å². The Labute approximate surface area is 134 Å². The van der Waals surface area contributed by atoms with E-state index in [9.17, 15) is 4.79 Å². The molecule has 1 fully saturated rings. The molecule has 1 aliphatic rings. The average molecular weight is 316 g/mol. The zero-order valence-corrected chi connectivity index (χ0v) is 13.2. The first-order valence-electron chi connectivity index (χ1n) is 7.56. The summed E-state index contributed by atoms with van der Waals surface area (Å²) >= 11 is 1.46. The van der Waals surface area contributed by atoms with E-state index in [1.807, 2.05) is 18.2 Å². The van der Waals surface area contributed by atoms with Gasteiger partial charge in [0, 0.05) is 12.6 Å². The Morgan fingerprint density at radius 1 is 1.27 bits per heavy atom. The molecule has 2 heterocycles. The highest BCUT2D eigenvalue weighted by molar-refractivity contribution is 7.14. The fourth-order valence-electron chi connectivity index (χ4n) is 2.53. The van der Waals surface area contributed by atoms with Crippen LogP contribution in [0.25, 0.3) is 0 Å². The molecule has 116 valence electrons. The van der Waals surface area contributed by atoms with Crippen LogP contribution < -0.4 is 16.0 Å². The van der Waals surface area contributed by atoms with Gasteiger partial charge in [0.2, 0.25) is 0 Å². The number of carbonyl (C=O) groups is 1. The molecule has 1 aromatic carbocycles. The van der Waals surface area contributed by atoms with Crippen LogP contribution in [-0.4, -0.2) is 30.0 Å². The highest BCUT2D eigenvalue weighted by Crippen LogP contribution is 2.21. The van der Waals surface area contributed by atoms with Crippen molar-refractivity contribution in [3.8, 4) is 0 Å². The van der Waals surface area contributed by atoms with Crippen LogP contribution in [0, 0.1) is 0 Å². The predicted molar refractivity (Wildman–Crippen MR) is 89.2 cm³/mol. The lowest BCUT2D eigenvalue weighted by Crippen LogP contribution is -2.42. The number of piperidine rings is 1. The summed E-state index contributed by atoms with van der Waals surface area (Å²) in [6, 6.07) is 10.4. The average Bonchev–Trinajstić information content (AvgIpc) is 3.03. The van der Waals surface area contributed by atoms with Gasteiger partial charge in [-0.15, -0.1) is 11.3 Å². The van der Waals surface area contributed by atoms with E-state index in [2.05, 4.69) is 33.1 Å². The number of carbonyl (C=O) groups excluding carboxylic acids is 1. The van der Waals surface area contributed by atoms with Crippen molar-refractivity contribution in [2.75, 3.05) is 18.4 Å². The van der Waals surface area contributed by atoms with Gasteiger partial charge in [-0.05, 0) is 31.5 Å². The molecule has 5 nitrogen and oxygen atoms in total. The molecule has 3 N–H and O–H groups in total. The van der Waals surface area contributed by atoms with E-state index in [4.69, 9.17) is 0 Å². The van der Waals surface area contributed by atoms with E-state index >= 15 is 0 Å². The lowest BCUT2D eigenvalue weighted by Gasteiger charge is -2.23. The van der Waals surface area contributed by atoms with Gasteiger partial charge in [-0.2, -0.15) is 0 Å². The summed E-state index contributed by atoms with van der Waals surface area (Å²) in [6.45, 7) is 2.61. The van der Waals surface area contributed by atoms with E-state index in [1.54, 1.807) is 5.51 Å². The van der Waals surface area contributed by atoms with Crippen LogP contribution >= 0.6 is 11.3 Å².